The summed E-state index contributed by atoms with van der Waals surface area (Å²) in [6.07, 6.45) is -1.14. The van der Waals surface area contributed by atoms with Crippen molar-refractivity contribution in [2.45, 2.75) is 62.8 Å². The summed E-state index contributed by atoms with van der Waals surface area (Å²) < 4.78 is 40.6. The number of rotatable bonds is 20. The molecule has 12 nitrogen and oxygen atoms in total. The summed E-state index contributed by atoms with van der Waals surface area (Å²) in [4.78, 5) is 43.4. The smallest absolute Gasteiger partial charge is 0.355 e. The maximum absolute atomic E-state index is 13.4. The van der Waals surface area contributed by atoms with Crippen LogP contribution in [-0.2, 0) is 27.0 Å². The molecule has 0 bridgehead atoms. The fourth-order valence-corrected chi connectivity index (χ4v) is 5.71. The molecular weight excluding hydrogens is 651 g/mol. The Labute approximate surface area is 291 Å². The number of carbonyl (C=O) groups is 3. The van der Waals surface area contributed by atoms with E-state index in [9.17, 15) is 27.6 Å². The normalized spacial score (nSPS) is 13.8. The maximum atomic E-state index is 13.4. The van der Waals surface area contributed by atoms with Crippen molar-refractivity contribution in [3.8, 4) is 0 Å². The van der Waals surface area contributed by atoms with Gasteiger partial charge in [0.15, 0.2) is 0 Å². The van der Waals surface area contributed by atoms with E-state index in [1.807, 2.05) is 24.3 Å². The molecule has 2 aromatic carbocycles. The summed E-state index contributed by atoms with van der Waals surface area (Å²) in [5, 5.41) is 8.99. The van der Waals surface area contributed by atoms with Crippen LogP contribution in [0, 0.1) is 0 Å². The lowest BCUT2D eigenvalue weighted by molar-refractivity contribution is -0.907. The van der Waals surface area contributed by atoms with Crippen LogP contribution >= 0.6 is 0 Å². The predicted molar refractivity (Wildman–Crippen MR) is 188 cm³/mol. The van der Waals surface area contributed by atoms with E-state index in [1.165, 1.54) is 18.3 Å². The van der Waals surface area contributed by atoms with Gasteiger partial charge in [-0.05, 0) is 62.3 Å². The van der Waals surface area contributed by atoms with Crippen molar-refractivity contribution < 1.29 is 32.0 Å². The Hall–Kier alpha value is -4.15. The molecule has 0 spiro atoms. The molecule has 0 fully saturated rings. The van der Waals surface area contributed by atoms with Crippen molar-refractivity contribution in [3.05, 3.63) is 71.9 Å². The van der Waals surface area contributed by atoms with E-state index in [-0.39, 0.29) is 31.7 Å². The van der Waals surface area contributed by atoms with Gasteiger partial charge in [-0.2, -0.15) is 13.2 Å². The number of likely N-dealkylation sites (N-methyl/N-ethyl adjacent to an activating group) is 1. The molecule has 0 radical (unpaired) electrons. The third-order valence-electron chi connectivity index (χ3n) is 8.68. The minimum absolute atomic E-state index is 0.0109. The zero-order chi connectivity index (χ0) is 36.7. The first kappa shape index (κ1) is 40.3. The summed E-state index contributed by atoms with van der Waals surface area (Å²) in [7, 11) is 2.08. The van der Waals surface area contributed by atoms with Gasteiger partial charge in [0, 0.05) is 25.0 Å². The second-order valence-corrected chi connectivity index (χ2v) is 12.9. The number of nitrogens with two attached hydrogens (primary N) is 4. The van der Waals surface area contributed by atoms with Crippen molar-refractivity contribution in [2.24, 2.45) is 22.9 Å². The highest BCUT2D eigenvalue weighted by atomic mass is 19.4. The Kier molecular flexibility index (Phi) is 15.5. The number of para-hydroxylation sites is 1. The van der Waals surface area contributed by atoms with Gasteiger partial charge >= 0.3 is 6.18 Å². The number of hydrogen-bond donors (Lipinski definition) is 7. The molecule has 0 saturated carbocycles. The first-order chi connectivity index (χ1) is 23.7. The largest absolute Gasteiger partial charge is 0.416 e. The van der Waals surface area contributed by atoms with Gasteiger partial charge in [-0.15, -0.1) is 0 Å². The van der Waals surface area contributed by atoms with Gasteiger partial charge in [0.05, 0.1) is 61.7 Å². The summed E-state index contributed by atoms with van der Waals surface area (Å²) in [5.74, 6) is -1.48. The van der Waals surface area contributed by atoms with Gasteiger partial charge in [-0.25, -0.2) is 0 Å². The number of amides is 3. The number of aryl methyl sites for hydroxylation is 1. The number of fused-ring (bicyclic) bond motifs is 1. The molecule has 3 aromatic rings. The number of halogens is 3. The highest BCUT2D eigenvalue weighted by Crippen LogP contribution is 2.30. The summed E-state index contributed by atoms with van der Waals surface area (Å²) in [5.41, 5.74) is 24.4. The van der Waals surface area contributed by atoms with Gasteiger partial charge < -0.3 is 43.4 Å². The van der Waals surface area contributed by atoms with E-state index in [0.717, 1.165) is 53.6 Å². The van der Waals surface area contributed by atoms with E-state index < -0.39 is 41.7 Å². The Morgan fingerprint density at radius 2 is 1.52 bits per heavy atom. The van der Waals surface area contributed by atoms with Gasteiger partial charge in [-0.1, -0.05) is 36.4 Å². The van der Waals surface area contributed by atoms with E-state index in [0.29, 0.717) is 37.2 Å². The molecule has 0 aliphatic heterocycles. The maximum Gasteiger partial charge on any atom is 0.416 e. The average Bonchev–Trinajstić information content (AvgIpc) is 3.08. The lowest BCUT2D eigenvalue weighted by Gasteiger charge is -2.34. The summed E-state index contributed by atoms with van der Waals surface area (Å²) in [6.45, 7) is 3.71. The Morgan fingerprint density at radius 3 is 2.22 bits per heavy atom. The number of anilines is 1. The van der Waals surface area contributed by atoms with Crippen molar-refractivity contribution in [1.82, 2.24) is 15.6 Å². The first-order valence-corrected chi connectivity index (χ1v) is 16.9. The number of hydrogen-bond acceptors (Lipinski definition) is 8. The van der Waals surface area contributed by atoms with E-state index in [1.54, 1.807) is 6.07 Å². The van der Waals surface area contributed by atoms with Crippen molar-refractivity contribution in [2.75, 3.05) is 51.6 Å². The predicted octanol–water partition coefficient (Wildman–Crippen LogP) is 2.00. The molecule has 0 saturated heterocycles. The fraction of sp³-hybridized carbons (Fsp3) is 0.486. The van der Waals surface area contributed by atoms with Gasteiger partial charge in [0.2, 0.25) is 17.7 Å². The molecule has 0 aliphatic rings. The van der Waals surface area contributed by atoms with Crippen LogP contribution in [0.25, 0.3) is 10.9 Å². The first-order valence-electron chi connectivity index (χ1n) is 16.9. The molecule has 3 amide bonds. The van der Waals surface area contributed by atoms with Crippen LogP contribution in [0.1, 0.15) is 43.2 Å². The van der Waals surface area contributed by atoms with Crippen LogP contribution in [0.15, 0.2) is 60.8 Å². The highest BCUT2D eigenvalue weighted by Gasteiger charge is 2.31. The molecule has 274 valence electrons. The van der Waals surface area contributed by atoms with Gasteiger partial charge in [0.1, 0.15) is 6.04 Å². The fourth-order valence-electron chi connectivity index (χ4n) is 5.71. The third-order valence-corrected chi connectivity index (χ3v) is 8.68. The molecule has 50 heavy (non-hydrogen) atoms. The van der Waals surface area contributed by atoms with Gasteiger partial charge in [-0.3, -0.25) is 19.4 Å². The number of aromatic nitrogens is 1. The molecule has 0 unspecified atom stereocenters. The van der Waals surface area contributed by atoms with Crippen LogP contribution in [0.4, 0.5) is 18.9 Å². The SMILES string of the molecule is C[N+](CCN)(CCN)CCC[C@H](N)C(=O)NCCC[C@H](N)C(=O)N[C@@H](CCc1cccc(C(F)(F)F)c1)C(=O)Nc1cnc2ccccc2c1. The standard InChI is InChI=1S/C35H50F3N9O3/c1-47(19-15-39,20-16-40)18-6-11-28(41)32(48)43-17-5-10-29(42)33(49)46-31(14-13-24-7-4-9-26(21-24)35(36,37)38)34(50)45-27-22-25-8-2-3-12-30(25)44-23-27/h2-4,7-9,12,21-23,28-29,31H,5-6,10-11,13-20,39-42H2,1H3,(H2-,43,45,46,48,49,50)/p+1/t28-,29-,31-/m0/s1. The summed E-state index contributed by atoms with van der Waals surface area (Å²) >= 11 is 0. The van der Waals surface area contributed by atoms with Crippen LogP contribution in [-0.4, -0.2) is 91.6 Å². The summed E-state index contributed by atoms with van der Waals surface area (Å²) in [6, 6.07) is 11.1. The second-order valence-electron chi connectivity index (χ2n) is 12.9. The Morgan fingerprint density at radius 1 is 0.840 bits per heavy atom. The molecule has 0 aliphatic carbocycles. The number of carbonyl (C=O) groups excluding carboxylic acids is 3. The number of quaternary nitrogens is 1. The number of alkyl halides is 3. The van der Waals surface area contributed by atoms with Crippen molar-refractivity contribution in [3.63, 3.8) is 0 Å². The number of nitrogens with zero attached hydrogens (tertiary/aromatic N) is 2. The molecular formula is C35H51F3N9O3+. The third kappa shape index (κ3) is 12.9. The molecule has 3 rings (SSSR count). The lowest BCUT2D eigenvalue weighted by atomic mass is 10.0. The minimum atomic E-state index is -4.52. The second kappa shape index (κ2) is 19.3. The van der Waals surface area contributed by atoms with E-state index >= 15 is 0 Å². The lowest BCUT2D eigenvalue weighted by Crippen LogP contribution is -2.51. The van der Waals surface area contributed by atoms with Crippen LogP contribution in [0.2, 0.25) is 0 Å². The zero-order valence-electron chi connectivity index (χ0n) is 28.6. The molecule has 11 N–H and O–H groups in total. The number of pyridine rings is 1. The molecule has 15 heteroatoms. The monoisotopic (exact) mass is 702 g/mol. The van der Waals surface area contributed by atoms with Crippen molar-refractivity contribution in [1.29, 1.82) is 0 Å². The van der Waals surface area contributed by atoms with Gasteiger partial charge in [0.25, 0.3) is 0 Å². The van der Waals surface area contributed by atoms with E-state index in [4.69, 9.17) is 22.9 Å². The molecule has 1 aromatic heterocycles. The van der Waals surface area contributed by atoms with E-state index in [2.05, 4.69) is 28.0 Å². The van der Waals surface area contributed by atoms with Crippen LogP contribution < -0.4 is 38.9 Å². The Balaban J connectivity index is 1.55. The average molecular weight is 703 g/mol. The number of nitrogens with one attached hydrogen (secondary N) is 3. The number of benzene rings is 2. The minimum Gasteiger partial charge on any atom is -0.355 e. The zero-order valence-corrected chi connectivity index (χ0v) is 28.6. The molecule has 3 atom stereocenters. The van der Waals surface area contributed by atoms with Crippen LogP contribution in [0.5, 0.6) is 0 Å². The topological polar surface area (TPSA) is 204 Å². The van der Waals surface area contributed by atoms with Crippen LogP contribution in [0.3, 0.4) is 0 Å². The Bertz CT molecular complexity index is 1550. The quantitative estimate of drug-likeness (QED) is 0.0684. The molecule has 1 heterocycles. The van der Waals surface area contributed by atoms with Crippen molar-refractivity contribution >= 4 is 34.3 Å². The highest BCUT2D eigenvalue weighted by molar-refractivity contribution is 5.98.